The summed E-state index contributed by atoms with van der Waals surface area (Å²) in [6, 6.07) is 6.47. The van der Waals surface area contributed by atoms with Gasteiger partial charge < -0.3 is 10.4 Å². The van der Waals surface area contributed by atoms with Crippen LogP contribution in [0.1, 0.15) is 41.7 Å². The number of aromatic nitrogens is 3. The van der Waals surface area contributed by atoms with E-state index >= 15 is 0 Å². The Bertz CT molecular complexity index is 971. The maximum absolute atomic E-state index is 13.8. The van der Waals surface area contributed by atoms with Crippen molar-refractivity contribution in [2.75, 3.05) is 0 Å². The second-order valence-electron chi connectivity index (χ2n) is 6.89. The second kappa shape index (κ2) is 7.73. The molecule has 0 radical (unpaired) electrons. The molecule has 28 heavy (non-hydrogen) atoms. The number of hydrogen-bond acceptors (Lipinski definition) is 6. The maximum Gasteiger partial charge on any atom is 0.270 e. The van der Waals surface area contributed by atoms with Gasteiger partial charge >= 0.3 is 0 Å². The monoisotopic (exact) mass is 398 g/mol. The number of pyridine rings is 2. The van der Waals surface area contributed by atoms with E-state index in [9.17, 15) is 14.3 Å². The lowest BCUT2D eigenvalue weighted by Crippen LogP contribution is -2.42. The molecule has 0 bridgehead atoms. The Kier molecular flexibility index (Phi) is 5.15. The van der Waals surface area contributed by atoms with Crippen LogP contribution >= 0.6 is 11.3 Å². The topological polar surface area (TPSA) is 88.0 Å². The third-order valence-electron chi connectivity index (χ3n) is 5.04. The molecule has 0 atom stereocenters. The van der Waals surface area contributed by atoms with Crippen LogP contribution in [-0.4, -0.2) is 32.0 Å². The highest BCUT2D eigenvalue weighted by molar-refractivity contribution is 7.13. The molecule has 1 aliphatic rings. The van der Waals surface area contributed by atoms with E-state index in [0.717, 1.165) is 5.56 Å². The van der Waals surface area contributed by atoms with Crippen molar-refractivity contribution in [2.24, 2.45) is 0 Å². The molecule has 0 spiro atoms. The van der Waals surface area contributed by atoms with Crippen LogP contribution in [0.15, 0.2) is 48.2 Å². The molecule has 0 aromatic carbocycles. The summed E-state index contributed by atoms with van der Waals surface area (Å²) in [5.74, 6) is -0.763. The first-order chi connectivity index (χ1) is 13.5. The van der Waals surface area contributed by atoms with E-state index in [1.54, 1.807) is 17.8 Å². The van der Waals surface area contributed by atoms with Crippen molar-refractivity contribution in [2.45, 2.75) is 37.3 Å². The Morgan fingerprint density at radius 2 is 2.04 bits per heavy atom. The first kappa shape index (κ1) is 18.6. The third kappa shape index (κ3) is 3.79. The summed E-state index contributed by atoms with van der Waals surface area (Å²) in [4.78, 5) is 24.8. The molecule has 1 amide bonds. The van der Waals surface area contributed by atoms with Gasteiger partial charge in [-0.3, -0.25) is 14.8 Å². The van der Waals surface area contributed by atoms with Crippen LogP contribution < -0.4 is 5.32 Å². The molecule has 3 heterocycles. The molecule has 8 heteroatoms. The van der Waals surface area contributed by atoms with Crippen LogP contribution in [0.5, 0.6) is 0 Å². The van der Waals surface area contributed by atoms with Gasteiger partial charge in [-0.2, -0.15) is 0 Å². The molecule has 1 aliphatic carbocycles. The molecule has 0 saturated heterocycles. The summed E-state index contributed by atoms with van der Waals surface area (Å²) < 4.78 is 13.8. The van der Waals surface area contributed by atoms with Crippen molar-refractivity contribution in [1.82, 2.24) is 20.3 Å². The Hall–Kier alpha value is -2.71. The summed E-state index contributed by atoms with van der Waals surface area (Å²) in [5, 5.41) is 15.8. The van der Waals surface area contributed by atoms with Crippen LogP contribution in [0.3, 0.4) is 0 Å². The quantitative estimate of drug-likeness (QED) is 0.704. The number of nitrogens with zero attached hydrogens (tertiary/aromatic N) is 3. The molecule has 1 fully saturated rings. The SMILES string of the molecule is O=C(NC1CCC(O)(c2cccnc2)CC1)c1csc(-c2ncccc2F)n1. The molecule has 4 rings (SSSR count). The van der Waals surface area contributed by atoms with Crippen LogP contribution in [0, 0.1) is 5.82 Å². The number of halogens is 1. The van der Waals surface area contributed by atoms with E-state index in [0.29, 0.717) is 30.7 Å². The summed E-state index contributed by atoms with van der Waals surface area (Å²) in [5.41, 5.74) is 0.296. The minimum absolute atomic E-state index is 0.0406. The number of hydrogen-bond donors (Lipinski definition) is 2. The summed E-state index contributed by atoms with van der Waals surface area (Å²) >= 11 is 1.18. The zero-order valence-corrected chi connectivity index (χ0v) is 15.8. The highest BCUT2D eigenvalue weighted by atomic mass is 32.1. The van der Waals surface area contributed by atoms with Crippen molar-refractivity contribution in [3.63, 3.8) is 0 Å². The summed E-state index contributed by atoms with van der Waals surface area (Å²) in [7, 11) is 0. The maximum atomic E-state index is 13.8. The minimum Gasteiger partial charge on any atom is -0.385 e. The summed E-state index contributed by atoms with van der Waals surface area (Å²) in [6.45, 7) is 0. The van der Waals surface area contributed by atoms with Gasteiger partial charge in [-0.25, -0.2) is 9.37 Å². The number of amides is 1. The lowest BCUT2D eigenvalue weighted by Gasteiger charge is -2.36. The van der Waals surface area contributed by atoms with Crippen LogP contribution in [0.2, 0.25) is 0 Å². The Morgan fingerprint density at radius 1 is 1.25 bits per heavy atom. The largest absolute Gasteiger partial charge is 0.385 e. The average Bonchev–Trinajstić information content (AvgIpc) is 3.21. The zero-order chi connectivity index (χ0) is 19.6. The van der Waals surface area contributed by atoms with E-state index < -0.39 is 11.4 Å². The summed E-state index contributed by atoms with van der Waals surface area (Å²) in [6.07, 6.45) is 7.26. The standard InChI is InChI=1S/C20H19FN4O2S/c21-15-4-2-10-23-17(15)19-25-16(12-28-19)18(26)24-14-5-7-20(27,8-6-14)13-3-1-9-22-11-13/h1-4,9-12,14,27H,5-8H2,(H,24,26). The number of carbonyl (C=O) groups excluding carboxylic acids is 1. The molecule has 0 aliphatic heterocycles. The van der Waals surface area contributed by atoms with Gasteiger partial charge in [0.05, 0.1) is 5.60 Å². The predicted octanol–water partition coefficient (Wildman–Crippen LogP) is 3.30. The normalized spacial score (nSPS) is 22.0. The Morgan fingerprint density at radius 3 is 2.75 bits per heavy atom. The highest BCUT2D eigenvalue weighted by Gasteiger charge is 2.35. The van der Waals surface area contributed by atoms with Gasteiger partial charge in [0.25, 0.3) is 5.91 Å². The van der Waals surface area contributed by atoms with Gasteiger partial charge in [-0.1, -0.05) is 6.07 Å². The average molecular weight is 398 g/mol. The lowest BCUT2D eigenvalue weighted by molar-refractivity contribution is -0.00833. The third-order valence-corrected chi connectivity index (χ3v) is 5.89. The van der Waals surface area contributed by atoms with Crippen molar-refractivity contribution >= 4 is 17.2 Å². The van der Waals surface area contributed by atoms with Crippen molar-refractivity contribution in [3.05, 3.63) is 65.3 Å². The Balaban J connectivity index is 1.39. The molecule has 1 saturated carbocycles. The fraction of sp³-hybridized carbons (Fsp3) is 0.300. The minimum atomic E-state index is -0.903. The number of aliphatic hydroxyl groups is 1. The first-order valence-corrected chi connectivity index (χ1v) is 9.93. The van der Waals surface area contributed by atoms with Gasteiger partial charge in [0, 0.05) is 35.6 Å². The van der Waals surface area contributed by atoms with Crippen LogP contribution in [0.4, 0.5) is 4.39 Å². The number of carbonyl (C=O) groups is 1. The van der Waals surface area contributed by atoms with E-state index in [-0.39, 0.29) is 23.3 Å². The van der Waals surface area contributed by atoms with Gasteiger partial charge in [0.15, 0.2) is 5.82 Å². The fourth-order valence-electron chi connectivity index (χ4n) is 3.46. The molecule has 144 valence electrons. The zero-order valence-electron chi connectivity index (χ0n) is 15.0. The molecule has 2 N–H and O–H groups in total. The molecule has 6 nitrogen and oxygen atoms in total. The van der Waals surface area contributed by atoms with Crippen molar-refractivity contribution in [3.8, 4) is 10.7 Å². The van der Waals surface area contributed by atoms with E-state index in [4.69, 9.17) is 0 Å². The smallest absolute Gasteiger partial charge is 0.270 e. The molecule has 0 unspecified atom stereocenters. The van der Waals surface area contributed by atoms with E-state index in [1.807, 2.05) is 12.1 Å². The van der Waals surface area contributed by atoms with Gasteiger partial charge in [-0.05, 0) is 43.9 Å². The van der Waals surface area contributed by atoms with Crippen LogP contribution in [0.25, 0.3) is 10.7 Å². The lowest BCUT2D eigenvalue weighted by atomic mass is 9.78. The molecule has 3 aromatic heterocycles. The Labute approximate surface area is 165 Å². The predicted molar refractivity (Wildman–Crippen MR) is 103 cm³/mol. The van der Waals surface area contributed by atoms with Gasteiger partial charge in [0.2, 0.25) is 0 Å². The molecular formula is C20H19FN4O2S. The fourth-order valence-corrected chi connectivity index (χ4v) is 4.25. The molecule has 3 aromatic rings. The van der Waals surface area contributed by atoms with Crippen LogP contribution in [-0.2, 0) is 5.60 Å². The van der Waals surface area contributed by atoms with Gasteiger partial charge in [-0.15, -0.1) is 11.3 Å². The first-order valence-electron chi connectivity index (χ1n) is 9.05. The molecular weight excluding hydrogens is 379 g/mol. The van der Waals surface area contributed by atoms with E-state index in [1.165, 1.54) is 29.7 Å². The number of rotatable bonds is 4. The number of nitrogens with one attached hydrogen (secondary N) is 1. The second-order valence-corrected chi connectivity index (χ2v) is 7.75. The van der Waals surface area contributed by atoms with Gasteiger partial charge in [0.1, 0.15) is 16.4 Å². The van der Waals surface area contributed by atoms with E-state index in [2.05, 4.69) is 20.3 Å². The van der Waals surface area contributed by atoms with Crippen molar-refractivity contribution < 1.29 is 14.3 Å². The number of thiazole rings is 1. The highest BCUT2D eigenvalue weighted by Crippen LogP contribution is 2.36. The van der Waals surface area contributed by atoms with Crippen molar-refractivity contribution in [1.29, 1.82) is 0 Å².